The van der Waals surface area contributed by atoms with Crippen molar-refractivity contribution < 1.29 is 9.18 Å². The molecule has 1 heterocycles. The van der Waals surface area contributed by atoms with Gasteiger partial charge in [0.05, 0.1) is 0 Å². The van der Waals surface area contributed by atoms with Crippen molar-refractivity contribution in [1.29, 1.82) is 0 Å². The number of hydrogen-bond acceptors (Lipinski definition) is 2. The Morgan fingerprint density at radius 1 is 0.917 bits per heavy atom. The van der Waals surface area contributed by atoms with Crippen molar-refractivity contribution >= 4 is 5.91 Å². The minimum atomic E-state index is -0.154. The van der Waals surface area contributed by atoms with Gasteiger partial charge in [-0.15, -0.1) is 0 Å². The van der Waals surface area contributed by atoms with Crippen LogP contribution in [0.15, 0.2) is 54.6 Å². The molecule has 0 spiro atoms. The Morgan fingerprint density at radius 2 is 1.58 bits per heavy atom. The minimum absolute atomic E-state index is 0.154. The van der Waals surface area contributed by atoms with E-state index in [1.807, 2.05) is 35.2 Å². The third kappa shape index (κ3) is 4.42. The van der Waals surface area contributed by atoms with Gasteiger partial charge in [0.15, 0.2) is 0 Å². The summed E-state index contributed by atoms with van der Waals surface area (Å²) in [5, 5.41) is 0. The molecule has 3 nitrogen and oxygen atoms in total. The number of halogens is 1. The molecule has 24 heavy (non-hydrogen) atoms. The predicted molar refractivity (Wildman–Crippen MR) is 93.0 cm³/mol. The summed E-state index contributed by atoms with van der Waals surface area (Å²) in [6.45, 7) is 3.65. The number of carbonyl (C=O) groups is 1. The Morgan fingerprint density at radius 3 is 2.29 bits per heavy atom. The van der Waals surface area contributed by atoms with Crippen LogP contribution in [-0.4, -0.2) is 41.9 Å². The van der Waals surface area contributed by atoms with Crippen LogP contribution in [0.2, 0.25) is 0 Å². The van der Waals surface area contributed by atoms with E-state index in [1.54, 1.807) is 6.07 Å². The van der Waals surface area contributed by atoms with Crippen molar-refractivity contribution in [2.75, 3.05) is 26.2 Å². The van der Waals surface area contributed by atoms with Crippen LogP contribution in [0.1, 0.15) is 17.5 Å². The zero-order valence-corrected chi connectivity index (χ0v) is 13.8. The van der Waals surface area contributed by atoms with E-state index in [4.69, 9.17) is 0 Å². The first-order valence-electron chi connectivity index (χ1n) is 8.50. The largest absolute Gasteiger partial charge is 0.340 e. The molecule has 1 aliphatic heterocycles. The minimum Gasteiger partial charge on any atom is -0.340 e. The number of piperazine rings is 1. The maximum atomic E-state index is 13.7. The second-order valence-corrected chi connectivity index (χ2v) is 6.23. The molecule has 126 valence electrons. The summed E-state index contributed by atoms with van der Waals surface area (Å²) in [7, 11) is 0. The van der Waals surface area contributed by atoms with Crippen molar-refractivity contribution in [3.63, 3.8) is 0 Å². The van der Waals surface area contributed by atoms with Gasteiger partial charge >= 0.3 is 0 Å². The van der Waals surface area contributed by atoms with Gasteiger partial charge in [-0.2, -0.15) is 0 Å². The molecule has 0 bridgehead atoms. The average Bonchev–Trinajstić information content (AvgIpc) is 2.63. The first kappa shape index (κ1) is 16.7. The summed E-state index contributed by atoms with van der Waals surface area (Å²) >= 11 is 0. The lowest BCUT2D eigenvalue weighted by Gasteiger charge is -2.35. The molecule has 4 heteroatoms. The fourth-order valence-corrected chi connectivity index (χ4v) is 3.08. The van der Waals surface area contributed by atoms with Gasteiger partial charge in [0.25, 0.3) is 0 Å². The van der Waals surface area contributed by atoms with Crippen LogP contribution < -0.4 is 0 Å². The lowest BCUT2D eigenvalue weighted by molar-refractivity contribution is -0.133. The average molecular weight is 326 g/mol. The van der Waals surface area contributed by atoms with Gasteiger partial charge < -0.3 is 4.90 Å². The van der Waals surface area contributed by atoms with E-state index in [2.05, 4.69) is 17.0 Å². The van der Waals surface area contributed by atoms with Gasteiger partial charge in [-0.25, -0.2) is 4.39 Å². The number of aryl methyl sites for hydroxylation is 1. The zero-order chi connectivity index (χ0) is 16.8. The Balaban J connectivity index is 1.44. The molecule has 2 aromatic rings. The Labute approximate surface area is 142 Å². The summed E-state index contributed by atoms with van der Waals surface area (Å²) in [6, 6.07) is 17.0. The zero-order valence-electron chi connectivity index (χ0n) is 13.8. The van der Waals surface area contributed by atoms with Crippen molar-refractivity contribution in [2.24, 2.45) is 0 Å². The fourth-order valence-electron chi connectivity index (χ4n) is 3.08. The first-order valence-corrected chi connectivity index (χ1v) is 8.50. The Hall–Kier alpha value is -2.20. The highest BCUT2D eigenvalue weighted by Crippen LogP contribution is 2.13. The van der Waals surface area contributed by atoms with Crippen LogP contribution in [0.3, 0.4) is 0 Å². The molecular weight excluding hydrogens is 303 g/mol. The molecule has 1 saturated heterocycles. The Kier molecular flexibility index (Phi) is 5.59. The summed E-state index contributed by atoms with van der Waals surface area (Å²) in [6.07, 6.45) is 1.34. The molecule has 1 aliphatic rings. The second-order valence-electron chi connectivity index (χ2n) is 6.23. The third-order valence-electron chi connectivity index (χ3n) is 4.55. The summed E-state index contributed by atoms with van der Waals surface area (Å²) < 4.78 is 13.7. The topological polar surface area (TPSA) is 23.6 Å². The van der Waals surface area contributed by atoms with Crippen molar-refractivity contribution in [3.8, 4) is 0 Å². The second kappa shape index (κ2) is 8.06. The van der Waals surface area contributed by atoms with Crippen LogP contribution >= 0.6 is 0 Å². The maximum absolute atomic E-state index is 13.7. The number of hydrogen-bond donors (Lipinski definition) is 0. The quantitative estimate of drug-likeness (QED) is 0.843. The molecule has 0 aromatic heterocycles. The fraction of sp³-hybridized carbons (Fsp3) is 0.350. The number of carbonyl (C=O) groups excluding carboxylic acids is 1. The van der Waals surface area contributed by atoms with Gasteiger partial charge in [-0.1, -0.05) is 48.5 Å². The molecule has 0 N–H and O–H groups in total. The molecular formula is C20H23FN2O. The van der Waals surface area contributed by atoms with Gasteiger partial charge in [0.1, 0.15) is 5.82 Å². The van der Waals surface area contributed by atoms with E-state index >= 15 is 0 Å². The lowest BCUT2D eigenvalue weighted by atomic mass is 10.1. The van der Waals surface area contributed by atoms with Crippen LogP contribution in [-0.2, 0) is 17.8 Å². The molecule has 2 aromatic carbocycles. The summed E-state index contributed by atoms with van der Waals surface area (Å²) in [4.78, 5) is 16.5. The highest BCUT2D eigenvalue weighted by Gasteiger charge is 2.21. The van der Waals surface area contributed by atoms with Crippen molar-refractivity contribution in [2.45, 2.75) is 19.4 Å². The SMILES string of the molecule is O=C(CCc1ccccc1)N1CCN(Cc2ccccc2F)CC1. The Bertz CT molecular complexity index is 666. The summed E-state index contributed by atoms with van der Waals surface area (Å²) in [5.74, 6) is 0.0586. The first-order chi connectivity index (χ1) is 11.7. The van der Waals surface area contributed by atoms with Gasteiger partial charge in [-0.05, 0) is 18.1 Å². The number of benzene rings is 2. The van der Waals surface area contributed by atoms with E-state index in [0.29, 0.717) is 13.0 Å². The number of rotatable bonds is 5. The number of nitrogens with zero attached hydrogens (tertiary/aromatic N) is 2. The van der Waals surface area contributed by atoms with E-state index in [-0.39, 0.29) is 11.7 Å². The molecule has 0 atom stereocenters. The highest BCUT2D eigenvalue weighted by atomic mass is 19.1. The van der Waals surface area contributed by atoms with Gasteiger partial charge in [-0.3, -0.25) is 9.69 Å². The van der Waals surface area contributed by atoms with Crippen molar-refractivity contribution in [1.82, 2.24) is 9.80 Å². The standard InChI is InChI=1S/C20H23FN2O/c21-19-9-5-4-8-18(19)16-22-12-14-23(15-13-22)20(24)11-10-17-6-2-1-3-7-17/h1-9H,10-16H2. The molecule has 0 radical (unpaired) electrons. The summed E-state index contributed by atoms with van der Waals surface area (Å²) in [5.41, 5.74) is 1.92. The number of amides is 1. The maximum Gasteiger partial charge on any atom is 0.222 e. The molecule has 1 amide bonds. The smallest absolute Gasteiger partial charge is 0.222 e. The molecule has 0 saturated carbocycles. The molecule has 0 unspecified atom stereocenters. The van der Waals surface area contributed by atoms with E-state index in [0.717, 1.165) is 38.2 Å². The molecule has 1 fully saturated rings. The van der Waals surface area contributed by atoms with Crippen molar-refractivity contribution in [3.05, 3.63) is 71.5 Å². The normalized spacial score (nSPS) is 15.5. The van der Waals surface area contributed by atoms with E-state index in [1.165, 1.54) is 11.6 Å². The lowest BCUT2D eigenvalue weighted by Crippen LogP contribution is -2.48. The van der Waals surface area contributed by atoms with E-state index in [9.17, 15) is 9.18 Å². The van der Waals surface area contributed by atoms with Crippen LogP contribution in [0.25, 0.3) is 0 Å². The van der Waals surface area contributed by atoms with Crippen LogP contribution in [0, 0.1) is 5.82 Å². The van der Waals surface area contributed by atoms with Crippen LogP contribution in [0.5, 0.6) is 0 Å². The highest BCUT2D eigenvalue weighted by molar-refractivity contribution is 5.76. The van der Waals surface area contributed by atoms with Crippen LogP contribution in [0.4, 0.5) is 4.39 Å². The van der Waals surface area contributed by atoms with Gasteiger partial charge in [0, 0.05) is 44.7 Å². The van der Waals surface area contributed by atoms with E-state index < -0.39 is 0 Å². The third-order valence-corrected chi connectivity index (χ3v) is 4.55. The van der Waals surface area contributed by atoms with Gasteiger partial charge in [0.2, 0.25) is 5.91 Å². The molecule has 3 rings (SSSR count). The monoisotopic (exact) mass is 326 g/mol. The predicted octanol–water partition coefficient (Wildman–Crippen LogP) is 3.10. The molecule has 0 aliphatic carbocycles.